The van der Waals surface area contributed by atoms with Crippen LogP contribution in [0.2, 0.25) is 0 Å². The summed E-state index contributed by atoms with van der Waals surface area (Å²) >= 11 is 1.75. The summed E-state index contributed by atoms with van der Waals surface area (Å²) < 4.78 is 1.26. The standard InChI is InChI=1S/C18H20N2S/c1-13(10-15-6-4-3-5-7-15)20-14(2)16-11-18-17(19-12-16)8-9-21-18/h3-9,11-14,20H,10H2,1-2H3. The molecule has 3 rings (SSSR count). The minimum absolute atomic E-state index is 0.308. The van der Waals surface area contributed by atoms with Crippen LogP contribution in [-0.4, -0.2) is 11.0 Å². The lowest BCUT2D eigenvalue weighted by Crippen LogP contribution is -2.30. The normalized spacial score (nSPS) is 14.2. The first-order chi connectivity index (χ1) is 10.2. The van der Waals surface area contributed by atoms with Gasteiger partial charge >= 0.3 is 0 Å². The lowest BCUT2D eigenvalue weighted by molar-refractivity contribution is 0.477. The first-order valence-electron chi connectivity index (χ1n) is 7.35. The summed E-state index contributed by atoms with van der Waals surface area (Å²) in [5, 5.41) is 5.76. The third kappa shape index (κ3) is 3.49. The molecule has 0 aliphatic rings. The van der Waals surface area contributed by atoms with Gasteiger partial charge in [0.2, 0.25) is 0 Å². The molecule has 0 aliphatic carbocycles. The van der Waals surface area contributed by atoms with Crippen LogP contribution < -0.4 is 5.32 Å². The van der Waals surface area contributed by atoms with E-state index in [1.165, 1.54) is 15.8 Å². The van der Waals surface area contributed by atoms with Crippen LogP contribution in [0.5, 0.6) is 0 Å². The number of pyridine rings is 1. The largest absolute Gasteiger partial charge is 0.307 e. The fourth-order valence-corrected chi connectivity index (χ4v) is 3.44. The topological polar surface area (TPSA) is 24.9 Å². The van der Waals surface area contributed by atoms with E-state index < -0.39 is 0 Å². The molecule has 0 radical (unpaired) electrons. The Morgan fingerprint density at radius 1 is 1.14 bits per heavy atom. The number of thiophene rings is 1. The zero-order valence-corrected chi connectivity index (χ0v) is 13.2. The van der Waals surface area contributed by atoms with Crippen LogP contribution in [0.3, 0.4) is 0 Å². The van der Waals surface area contributed by atoms with E-state index in [1.807, 2.05) is 6.20 Å². The van der Waals surface area contributed by atoms with E-state index in [0.29, 0.717) is 12.1 Å². The molecular formula is C18H20N2S. The number of rotatable bonds is 5. The van der Waals surface area contributed by atoms with Gasteiger partial charge in [0.25, 0.3) is 0 Å². The van der Waals surface area contributed by atoms with E-state index in [2.05, 4.69) is 72.0 Å². The summed E-state index contributed by atoms with van der Waals surface area (Å²) in [6.07, 6.45) is 3.03. The molecule has 0 spiro atoms. The number of fused-ring (bicyclic) bond motifs is 1. The van der Waals surface area contributed by atoms with Crippen molar-refractivity contribution in [3.8, 4) is 0 Å². The molecule has 21 heavy (non-hydrogen) atoms. The molecule has 1 N–H and O–H groups in total. The van der Waals surface area contributed by atoms with Crippen LogP contribution in [0.25, 0.3) is 10.2 Å². The summed E-state index contributed by atoms with van der Waals surface area (Å²) in [4.78, 5) is 4.52. The second kappa shape index (κ2) is 6.37. The third-order valence-corrected chi connectivity index (χ3v) is 4.60. The fourth-order valence-electron chi connectivity index (χ4n) is 2.65. The Morgan fingerprint density at radius 2 is 1.95 bits per heavy atom. The molecular weight excluding hydrogens is 276 g/mol. The van der Waals surface area contributed by atoms with Gasteiger partial charge in [-0.2, -0.15) is 0 Å². The van der Waals surface area contributed by atoms with E-state index in [1.54, 1.807) is 11.3 Å². The van der Waals surface area contributed by atoms with Crippen molar-refractivity contribution in [3.05, 3.63) is 65.2 Å². The molecule has 2 aromatic heterocycles. The molecule has 0 amide bonds. The van der Waals surface area contributed by atoms with E-state index in [0.717, 1.165) is 11.9 Å². The molecule has 108 valence electrons. The number of nitrogens with one attached hydrogen (secondary N) is 1. The molecule has 1 aromatic carbocycles. The van der Waals surface area contributed by atoms with Crippen molar-refractivity contribution in [2.45, 2.75) is 32.4 Å². The maximum Gasteiger partial charge on any atom is 0.0809 e. The van der Waals surface area contributed by atoms with Crippen molar-refractivity contribution in [1.82, 2.24) is 10.3 Å². The number of nitrogens with zero attached hydrogens (tertiary/aromatic N) is 1. The Kier molecular flexibility index (Phi) is 4.32. The van der Waals surface area contributed by atoms with Crippen molar-refractivity contribution in [1.29, 1.82) is 0 Å². The molecule has 2 nitrogen and oxygen atoms in total. The van der Waals surface area contributed by atoms with Crippen molar-refractivity contribution in [2.24, 2.45) is 0 Å². The predicted octanol–water partition coefficient (Wildman–Crippen LogP) is 4.58. The highest BCUT2D eigenvalue weighted by molar-refractivity contribution is 7.17. The van der Waals surface area contributed by atoms with Gasteiger partial charge in [-0.05, 0) is 48.9 Å². The molecule has 3 aromatic rings. The molecule has 2 unspecified atom stereocenters. The van der Waals surface area contributed by atoms with Crippen LogP contribution in [0.4, 0.5) is 0 Å². The summed E-state index contributed by atoms with van der Waals surface area (Å²) in [6, 6.07) is 15.7. The van der Waals surface area contributed by atoms with E-state index in [4.69, 9.17) is 0 Å². The van der Waals surface area contributed by atoms with E-state index >= 15 is 0 Å². The lowest BCUT2D eigenvalue weighted by Gasteiger charge is -2.20. The van der Waals surface area contributed by atoms with Gasteiger partial charge in [-0.25, -0.2) is 0 Å². The summed E-state index contributed by atoms with van der Waals surface area (Å²) in [5.41, 5.74) is 3.72. The molecule has 3 heteroatoms. The van der Waals surface area contributed by atoms with E-state index in [-0.39, 0.29) is 0 Å². The van der Waals surface area contributed by atoms with Gasteiger partial charge in [0.1, 0.15) is 0 Å². The highest BCUT2D eigenvalue weighted by Crippen LogP contribution is 2.23. The average Bonchev–Trinajstić information content (AvgIpc) is 2.95. The fraction of sp³-hybridized carbons (Fsp3) is 0.278. The Balaban J connectivity index is 1.66. The van der Waals surface area contributed by atoms with E-state index in [9.17, 15) is 0 Å². The smallest absolute Gasteiger partial charge is 0.0809 e. The summed E-state index contributed by atoms with van der Waals surface area (Å²) in [5.74, 6) is 0. The number of hydrogen-bond acceptors (Lipinski definition) is 3. The minimum atomic E-state index is 0.308. The highest BCUT2D eigenvalue weighted by Gasteiger charge is 2.11. The maximum atomic E-state index is 4.52. The first-order valence-corrected chi connectivity index (χ1v) is 8.23. The van der Waals surface area contributed by atoms with Gasteiger partial charge < -0.3 is 5.32 Å². The molecule has 0 bridgehead atoms. The van der Waals surface area contributed by atoms with Crippen LogP contribution in [0.15, 0.2) is 54.0 Å². The Morgan fingerprint density at radius 3 is 2.76 bits per heavy atom. The second-order valence-corrected chi connectivity index (χ2v) is 6.50. The van der Waals surface area contributed by atoms with Gasteiger partial charge in [-0.3, -0.25) is 4.98 Å². The Labute approximate surface area is 129 Å². The zero-order chi connectivity index (χ0) is 14.7. The third-order valence-electron chi connectivity index (χ3n) is 3.74. The predicted molar refractivity (Wildman–Crippen MR) is 90.8 cm³/mol. The van der Waals surface area contributed by atoms with Crippen LogP contribution in [0.1, 0.15) is 31.0 Å². The van der Waals surface area contributed by atoms with Crippen molar-refractivity contribution in [3.63, 3.8) is 0 Å². The van der Waals surface area contributed by atoms with Crippen molar-refractivity contribution >= 4 is 21.6 Å². The van der Waals surface area contributed by atoms with Gasteiger partial charge in [-0.15, -0.1) is 11.3 Å². The van der Waals surface area contributed by atoms with Crippen LogP contribution >= 0.6 is 11.3 Å². The number of aromatic nitrogens is 1. The lowest BCUT2D eigenvalue weighted by atomic mass is 10.0. The van der Waals surface area contributed by atoms with Crippen LogP contribution in [-0.2, 0) is 6.42 Å². The van der Waals surface area contributed by atoms with Gasteiger partial charge in [0.15, 0.2) is 0 Å². The molecule has 0 saturated heterocycles. The molecule has 2 atom stereocenters. The minimum Gasteiger partial charge on any atom is -0.307 e. The zero-order valence-electron chi connectivity index (χ0n) is 12.4. The van der Waals surface area contributed by atoms with Crippen molar-refractivity contribution in [2.75, 3.05) is 0 Å². The summed E-state index contributed by atoms with van der Waals surface area (Å²) in [6.45, 7) is 4.44. The second-order valence-electron chi connectivity index (χ2n) is 5.55. The summed E-state index contributed by atoms with van der Waals surface area (Å²) in [7, 11) is 0. The molecule has 0 saturated carbocycles. The molecule has 0 aliphatic heterocycles. The Hall–Kier alpha value is -1.71. The Bertz CT molecular complexity index is 705. The van der Waals surface area contributed by atoms with Gasteiger partial charge in [-0.1, -0.05) is 30.3 Å². The monoisotopic (exact) mass is 296 g/mol. The quantitative estimate of drug-likeness (QED) is 0.745. The van der Waals surface area contributed by atoms with Gasteiger partial charge in [0, 0.05) is 18.3 Å². The number of hydrogen-bond donors (Lipinski definition) is 1. The molecule has 0 fully saturated rings. The average molecular weight is 296 g/mol. The van der Waals surface area contributed by atoms with Gasteiger partial charge in [0.05, 0.1) is 10.2 Å². The molecule has 2 heterocycles. The maximum absolute atomic E-state index is 4.52. The van der Waals surface area contributed by atoms with Crippen molar-refractivity contribution < 1.29 is 0 Å². The first kappa shape index (κ1) is 14.2. The SMILES string of the molecule is CC(Cc1ccccc1)NC(C)c1cnc2ccsc2c1. The number of benzene rings is 1. The highest BCUT2D eigenvalue weighted by atomic mass is 32.1. The van der Waals surface area contributed by atoms with Crippen LogP contribution in [0, 0.1) is 0 Å².